The lowest BCUT2D eigenvalue weighted by Gasteiger charge is -2.16. The topological polar surface area (TPSA) is 73.2 Å². The number of ether oxygens (including phenoxy) is 1. The van der Waals surface area contributed by atoms with Crippen LogP contribution < -0.4 is 15.6 Å². The number of amides is 1. The summed E-state index contributed by atoms with van der Waals surface area (Å²) in [7, 11) is 0. The second-order valence-corrected chi connectivity index (χ2v) is 7.72. The summed E-state index contributed by atoms with van der Waals surface area (Å²) < 4.78 is 7.38. The van der Waals surface area contributed by atoms with E-state index >= 15 is 0 Å². The van der Waals surface area contributed by atoms with E-state index in [0.717, 1.165) is 16.8 Å². The van der Waals surface area contributed by atoms with Crippen molar-refractivity contribution in [3.05, 3.63) is 130 Å². The van der Waals surface area contributed by atoms with Crippen LogP contribution in [0.2, 0.25) is 0 Å². The molecule has 33 heavy (non-hydrogen) atoms. The molecule has 1 atom stereocenters. The Labute approximate surface area is 192 Å². The van der Waals surface area contributed by atoms with Gasteiger partial charge < -0.3 is 14.6 Å². The first-order valence-corrected chi connectivity index (χ1v) is 10.8. The Kier molecular flexibility index (Phi) is 6.95. The molecule has 2 aromatic carbocycles. The third-order valence-electron chi connectivity index (χ3n) is 5.28. The highest BCUT2D eigenvalue weighted by atomic mass is 16.5. The van der Waals surface area contributed by atoms with E-state index in [1.54, 1.807) is 29.1 Å². The van der Waals surface area contributed by atoms with Gasteiger partial charge in [-0.1, -0.05) is 48.5 Å². The SMILES string of the molecule is CC(NC(=O)c1cccn(Cc2ccccc2)c1=O)c1cccc(OCc2ccccn2)c1. The Bertz CT molecular complexity index is 1270. The Morgan fingerprint density at radius 1 is 1.00 bits per heavy atom. The van der Waals surface area contributed by atoms with E-state index < -0.39 is 5.91 Å². The second kappa shape index (κ2) is 10.4. The molecule has 6 nitrogen and oxygen atoms in total. The maximum absolute atomic E-state index is 12.9. The molecular weight excluding hydrogens is 414 g/mol. The van der Waals surface area contributed by atoms with Crippen molar-refractivity contribution in [2.24, 2.45) is 0 Å². The van der Waals surface area contributed by atoms with Crippen molar-refractivity contribution >= 4 is 5.91 Å². The van der Waals surface area contributed by atoms with Gasteiger partial charge in [-0.3, -0.25) is 14.6 Å². The van der Waals surface area contributed by atoms with Crippen molar-refractivity contribution < 1.29 is 9.53 Å². The summed E-state index contributed by atoms with van der Waals surface area (Å²) in [5.41, 5.74) is 2.50. The van der Waals surface area contributed by atoms with Gasteiger partial charge in [0.25, 0.3) is 11.5 Å². The standard InChI is InChI=1S/C27H25N3O3/c1-20(22-11-7-13-24(17-22)33-19-23-12-5-6-15-28-23)29-26(31)25-14-8-16-30(27(25)32)18-21-9-3-2-4-10-21/h2-17,20H,18-19H2,1H3,(H,29,31). The summed E-state index contributed by atoms with van der Waals surface area (Å²) in [6.07, 6.45) is 3.42. The van der Waals surface area contributed by atoms with Crippen LogP contribution >= 0.6 is 0 Å². The van der Waals surface area contributed by atoms with Crippen LogP contribution in [0.1, 0.15) is 40.1 Å². The first-order chi connectivity index (χ1) is 16.1. The van der Waals surface area contributed by atoms with Gasteiger partial charge in [-0.2, -0.15) is 0 Å². The minimum atomic E-state index is -0.408. The van der Waals surface area contributed by atoms with Crippen LogP contribution in [0.4, 0.5) is 0 Å². The monoisotopic (exact) mass is 439 g/mol. The molecule has 1 N–H and O–H groups in total. The molecule has 0 spiro atoms. The van der Waals surface area contributed by atoms with E-state index in [1.807, 2.05) is 79.7 Å². The summed E-state index contributed by atoms with van der Waals surface area (Å²) >= 11 is 0. The zero-order valence-electron chi connectivity index (χ0n) is 18.3. The van der Waals surface area contributed by atoms with E-state index in [2.05, 4.69) is 10.3 Å². The number of nitrogens with zero attached hydrogens (tertiary/aromatic N) is 2. The molecule has 0 aliphatic rings. The summed E-state index contributed by atoms with van der Waals surface area (Å²) in [6.45, 7) is 2.64. The highest BCUT2D eigenvalue weighted by Gasteiger charge is 2.16. The van der Waals surface area contributed by atoms with Gasteiger partial charge in [0.15, 0.2) is 0 Å². The molecule has 2 heterocycles. The lowest BCUT2D eigenvalue weighted by molar-refractivity contribution is 0.0937. The van der Waals surface area contributed by atoms with Gasteiger partial charge >= 0.3 is 0 Å². The number of carbonyl (C=O) groups is 1. The summed E-state index contributed by atoms with van der Waals surface area (Å²) in [6, 6.07) is 25.8. The first kappa shape index (κ1) is 22.0. The van der Waals surface area contributed by atoms with Gasteiger partial charge in [0.2, 0.25) is 0 Å². The number of aromatic nitrogens is 2. The lowest BCUT2D eigenvalue weighted by atomic mass is 10.1. The van der Waals surface area contributed by atoms with Crippen molar-refractivity contribution in [2.45, 2.75) is 26.1 Å². The molecule has 1 unspecified atom stereocenters. The van der Waals surface area contributed by atoms with E-state index in [9.17, 15) is 9.59 Å². The molecule has 0 saturated heterocycles. The third-order valence-corrected chi connectivity index (χ3v) is 5.28. The van der Waals surface area contributed by atoms with E-state index in [4.69, 9.17) is 4.74 Å². The Balaban J connectivity index is 1.43. The first-order valence-electron chi connectivity index (χ1n) is 10.8. The molecule has 1 amide bonds. The van der Waals surface area contributed by atoms with Gasteiger partial charge in [-0.15, -0.1) is 0 Å². The molecule has 2 aromatic heterocycles. The zero-order valence-corrected chi connectivity index (χ0v) is 18.3. The van der Waals surface area contributed by atoms with Crippen molar-refractivity contribution in [1.82, 2.24) is 14.9 Å². The maximum atomic E-state index is 12.9. The van der Waals surface area contributed by atoms with Crippen LogP contribution in [0.3, 0.4) is 0 Å². The number of nitrogens with one attached hydrogen (secondary N) is 1. The Morgan fingerprint density at radius 3 is 2.61 bits per heavy atom. The zero-order chi connectivity index (χ0) is 23.0. The fraction of sp³-hybridized carbons (Fsp3) is 0.148. The van der Waals surface area contributed by atoms with Crippen LogP contribution in [0.25, 0.3) is 0 Å². The predicted molar refractivity (Wildman–Crippen MR) is 127 cm³/mol. The van der Waals surface area contributed by atoms with Crippen molar-refractivity contribution in [3.63, 3.8) is 0 Å². The lowest BCUT2D eigenvalue weighted by Crippen LogP contribution is -2.34. The third kappa shape index (κ3) is 5.74. The number of benzene rings is 2. The number of hydrogen-bond donors (Lipinski definition) is 1. The van der Waals surface area contributed by atoms with Gasteiger partial charge in [0, 0.05) is 12.4 Å². The molecule has 6 heteroatoms. The smallest absolute Gasteiger partial charge is 0.263 e. The van der Waals surface area contributed by atoms with Gasteiger partial charge in [-0.25, -0.2) is 0 Å². The molecular formula is C27H25N3O3. The van der Waals surface area contributed by atoms with Gasteiger partial charge in [0.1, 0.15) is 17.9 Å². The number of carbonyl (C=O) groups excluding carboxylic acids is 1. The molecule has 0 saturated carbocycles. The molecule has 0 aliphatic carbocycles. The maximum Gasteiger partial charge on any atom is 0.263 e. The summed E-state index contributed by atoms with van der Waals surface area (Å²) in [5.74, 6) is 0.277. The molecule has 4 aromatic rings. The number of rotatable bonds is 8. The molecule has 0 aliphatic heterocycles. The van der Waals surface area contributed by atoms with Crippen LogP contribution in [-0.2, 0) is 13.2 Å². The van der Waals surface area contributed by atoms with Crippen LogP contribution in [0, 0.1) is 0 Å². The van der Waals surface area contributed by atoms with E-state index in [1.165, 1.54) is 0 Å². The van der Waals surface area contributed by atoms with Crippen LogP contribution in [0.5, 0.6) is 5.75 Å². The van der Waals surface area contributed by atoms with Crippen molar-refractivity contribution in [3.8, 4) is 5.75 Å². The normalized spacial score (nSPS) is 11.5. The molecule has 4 rings (SSSR count). The Hall–Kier alpha value is -4.19. The molecule has 0 radical (unpaired) electrons. The molecule has 0 bridgehead atoms. The average molecular weight is 440 g/mol. The molecule has 166 valence electrons. The fourth-order valence-electron chi connectivity index (χ4n) is 3.49. The summed E-state index contributed by atoms with van der Waals surface area (Å²) in [4.78, 5) is 30.0. The molecule has 0 fully saturated rings. The Morgan fingerprint density at radius 2 is 1.82 bits per heavy atom. The predicted octanol–water partition coefficient (Wildman–Crippen LogP) is 4.36. The summed E-state index contributed by atoms with van der Waals surface area (Å²) in [5, 5.41) is 2.93. The second-order valence-electron chi connectivity index (χ2n) is 7.72. The highest BCUT2D eigenvalue weighted by molar-refractivity contribution is 5.94. The minimum absolute atomic E-state index is 0.114. The van der Waals surface area contributed by atoms with Crippen LogP contribution in [-0.4, -0.2) is 15.5 Å². The van der Waals surface area contributed by atoms with E-state index in [0.29, 0.717) is 18.9 Å². The fourth-order valence-corrected chi connectivity index (χ4v) is 3.49. The quantitative estimate of drug-likeness (QED) is 0.443. The van der Waals surface area contributed by atoms with Gasteiger partial charge in [-0.05, 0) is 54.4 Å². The average Bonchev–Trinajstić information content (AvgIpc) is 2.85. The largest absolute Gasteiger partial charge is 0.487 e. The number of hydrogen-bond acceptors (Lipinski definition) is 4. The van der Waals surface area contributed by atoms with Crippen LogP contribution in [0.15, 0.2) is 102 Å². The van der Waals surface area contributed by atoms with Crippen molar-refractivity contribution in [1.29, 1.82) is 0 Å². The minimum Gasteiger partial charge on any atom is -0.487 e. The highest BCUT2D eigenvalue weighted by Crippen LogP contribution is 2.20. The number of pyridine rings is 2. The van der Waals surface area contributed by atoms with Gasteiger partial charge in [0.05, 0.1) is 18.3 Å². The van der Waals surface area contributed by atoms with Crippen molar-refractivity contribution in [2.75, 3.05) is 0 Å². The van der Waals surface area contributed by atoms with E-state index in [-0.39, 0.29) is 17.2 Å².